The molecule has 0 aliphatic heterocycles. The van der Waals surface area contributed by atoms with E-state index in [1.165, 1.54) is 69.1 Å². The Kier molecular flexibility index (Phi) is 4.57. The molecule has 0 spiro atoms. The zero-order valence-electron chi connectivity index (χ0n) is 11.8. The largest absolute Gasteiger partial charge is 0.271 e. The molecule has 0 aromatic carbocycles. The van der Waals surface area contributed by atoms with Crippen molar-refractivity contribution in [3.63, 3.8) is 0 Å². The van der Waals surface area contributed by atoms with Gasteiger partial charge in [-0.05, 0) is 56.1 Å². The van der Waals surface area contributed by atoms with E-state index in [2.05, 4.69) is 11.5 Å². The van der Waals surface area contributed by atoms with Gasteiger partial charge in [0.25, 0.3) is 0 Å². The molecule has 1 atom stereocenters. The fraction of sp³-hybridized carbons (Fsp3) is 0.750. The number of nitrogens with two attached hydrogens (primary N) is 1. The third-order valence-corrected chi connectivity index (χ3v) is 6.19. The van der Waals surface area contributed by atoms with E-state index in [1.54, 1.807) is 10.4 Å². The summed E-state index contributed by atoms with van der Waals surface area (Å²) in [6, 6.07) is 2.86. The van der Waals surface area contributed by atoms with Gasteiger partial charge in [-0.15, -0.1) is 11.3 Å². The van der Waals surface area contributed by atoms with E-state index in [0.717, 1.165) is 5.92 Å². The molecular weight excluding hydrogens is 252 g/mol. The van der Waals surface area contributed by atoms with Crippen LogP contribution in [0, 0.1) is 5.92 Å². The number of rotatable bonds is 3. The molecule has 3 heteroatoms. The first kappa shape index (κ1) is 13.6. The summed E-state index contributed by atoms with van der Waals surface area (Å²) >= 11 is 2.03. The lowest BCUT2D eigenvalue weighted by molar-refractivity contribution is 0.276. The van der Waals surface area contributed by atoms with Crippen molar-refractivity contribution in [2.24, 2.45) is 11.8 Å². The van der Waals surface area contributed by atoms with Gasteiger partial charge in [-0.1, -0.05) is 25.7 Å². The van der Waals surface area contributed by atoms with Crippen LogP contribution in [0.5, 0.6) is 0 Å². The first-order valence-corrected chi connectivity index (χ1v) is 8.78. The lowest BCUT2D eigenvalue weighted by Gasteiger charge is -2.29. The van der Waals surface area contributed by atoms with E-state index in [1.807, 2.05) is 11.3 Å². The van der Waals surface area contributed by atoms with Crippen molar-refractivity contribution < 1.29 is 0 Å². The molecule has 1 unspecified atom stereocenters. The van der Waals surface area contributed by atoms with Crippen LogP contribution in [0.1, 0.15) is 72.7 Å². The first-order chi connectivity index (χ1) is 9.38. The van der Waals surface area contributed by atoms with Crippen molar-refractivity contribution in [2.75, 3.05) is 0 Å². The standard InChI is InChI=1S/C16H26N2S/c17-18-16(12-7-3-1-4-8-12)15-11-13-9-5-2-6-10-14(13)19-15/h11-12,16,18H,1-10,17H2. The molecule has 2 aliphatic rings. The normalized spacial score (nSPS) is 22.8. The second-order valence-electron chi connectivity index (χ2n) is 6.20. The van der Waals surface area contributed by atoms with Crippen LogP contribution in [-0.2, 0) is 12.8 Å². The van der Waals surface area contributed by atoms with Crippen molar-refractivity contribution in [1.29, 1.82) is 0 Å². The summed E-state index contributed by atoms with van der Waals surface area (Å²) in [5, 5.41) is 0. The second kappa shape index (κ2) is 6.38. The highest BCUT2D eigenvalue weighted by molar-refractivity contribution is 7.12. The summed E-state index contributed by atoms with van der Waals surface area (Å²) in [5.74, 6) is 6.63. The predicted molar refractivity (Wildman–Crippen MR) is 82.2 cm³/mol. The molecule has 19 heavy (non-hydrogen) atoms. The molecule has 1 fully saturated rings. The van der Waals surface area contributed by atoms with Crippen LogP contribution in [0.3, 0.4) is 0 Å². The fourth-order valence-corrected chi connectivity index (χ4v) is 5.17. The van der Waals surface area contributed by atoms with Crippen LogP contribution in [0.15, 0.2) is 6.07 Å². The van der Waals surface area contributed by atoms with Crippen LogP contribution in [-0.4, -0.2) is 0 Å². The lowest BCUT2D eigenvalue weighted by Crippen LogP contribution is -2.34. The van der Waals surface area contributed by atoms with Gasteiger partial charge in [-0.3, -0.25) is 11.3 Å². The summed E-state index contributed by atoms with van der Waals surface area (Å²) in [6.07, 6.45) is 13.6. The number of thiophene rings is 1. The highest BCUT2D eigenvalue weighted by Crippen LogP contribution is 2.39. The van der Waals surface area contributed by atoms with E-state index in [0.29, 0.717) is 6.04 Å². The number of fused-ring (bicyclic) bond motifs is 1. The van der Waals surface area contributed by atoms with Crippen LogP contribution >= 0.6 is 11.3 Å². The molecule has 1 saturated carbocycles. The molecule has 1 aromatic rings. The zero-order valence-corrected chi connectivity index (χ0v) is 12.6. The molecule has 1 aromatic heterocycles. The average molecular weight is 278 g/mol. The van der Waals surface area contributed by atoms with Gasteiger partial charge in [0.05, 0.1) is 6.04 Å². The van der Waals surface area contributed by atoms with Gasteiger partial charge < -0.3 is 0 Å². The Bertz CT molecular complexity index is 383. The average Bonchev–Trinajstić information content (AvgIpc) is 2.71. The summed E-state index contributed by atoms with van der Waals surface area (Å²) in [4.78, 5) is 3.14. The van der Waals surface area contributed by atoms with Gasteiger partial charge in [0.15, 0.2) is 0 Å². The molecular formula is C16H26N2S. The lowest BCUT2D eigenvalue weighted by atomic mass is 9.83. The van der Waals surface area contributed by atoms with Crippen molar-refractivity contribution in [1.82, 2.24) is 5.43 Å². The third kappa shape index (κ3) is 3.04. The Morgan fingerprint density at radius 3 is 2.58 bits per heavy atom. The minimum atomic E-state index is 0.400. The number of hydrazine groups is 1. The zero-order chi connectivity index (χ0) is 13.1. The molecule has 2 aliphatic carbocycles. The van der Waals surface area contributed by atoms with E-state index in [4.69, 9.17) is 5.84 Å². The van der Waals surface area contributed by atoms with Crippen molar-refractivity contribution in [3.8, 4) is 0 Å². The molecule has 0 amide bonds. The highest BCUT2D eigenvalue weighted by atomic mass is 32.1. The van der Waals surface area contributed by atoms with Gasteiger partial charge in [0, 0.05) is 9.75 Å². The first-order valence-electron chi connectivity index (χ1n) is 7.96. The maximum atomic E-state index is 5.88. The molecule has 0 saturated heterocycles. The van der Waals surface area contributed by atoms with Gasteiger partial charge in [0.1, 0.15) is 0 Å². The number of hydrogen-bond donors (Lipinski definition) is 2. The minimum absolute atomic E-state index is 0.400. The van der Waals surface area contributed by atoms with Crippen LogP contribution in [0.2, 0.25) is 0 Å². The summed E-state index contributed by atoms with van der Waals surface area (Å²) < 4.78 is 0. The molecule has 0 radical (unpaired) electrons. The summed E-state index contributed by atoms with van der Waals surface area (Å²) in [5.41, 5.74) is 4.74. The SMILES string of the molecule is NNC(c1cc2c(s1)CCCCC2)C1CCCCC1. The Morgan fingerprint density at radius 1 is 1.05 bits per heavy atom. The molecule has 106 valence electrons. The predicted octanol–water partition coefficient (Wildman–Crippen LogP) is 4.10. The molecule has 1 heterocycles. The van der Waals surface area contributed by atoms with Crippen molar-refractivity contribution in [2.45, 2.75) is 70.3 Å². The van der Waals surface area contributed by atoms with Crippen LogP contribution in [0.4, 0.5) is 0 Å². The van der Waals surface area contributed by atoms with E-state index in [-0.39, 0.29) is 0 Å². The number of hydrogen-bond acceptors (Lipinski definition) is 3. The number of nitrogens with one attached hydrogen (secondary N) is 1. The number of aryl methyl sites for hydroxylation is 2. The molecule has 3 rings (SSSR count). The van der Waals surface area contributed by atoms with E-state index in [9.17, 15) is 0 Å². The highest BCUT2D eigenvalue weighted by Gasteiger charge is 2.26. The smallest absolute Gasteiger partial charge is 0.0581 e. The van der Waals surface area contributed by atoms with Gasteiger partial charge in [-0.2, -0.15) is 0 Å². The summed E-state index contributed by atoms with van der Waals surface area (Å²) in [7, 11) is 0. The van der Waals surface area contributed by atoms with Crippen LogP contribution in [0.25, 0.3) is 0 Å². The molecule has 3 N–H and O–H groups in total. The third-order valence-electron chi connectivity index (χ3n) is 4.87. The van der Waals surface area contributed by atoms with Gasteiger partial charge in [-0.25, -0.2) is 0 Å². The Labute approximate surface area is 120 Å². The van der Waals surface area contributed by atoms with E-state index < -0.39 is 0 Å². The summed E-state index contributed by atoms with van der Waals surface area (Å²) in [6.45, 7) is 0. The second-order valence-corrected chi connectivity index (χ2v) is 7.37. The maximum absolute atomic E-state index is 5.88. The van der Waals surface area contributed by atoms with Crippen LogP contribution < -0.4 is 11.3 Å². The Hall–Kier alpha value is -0.380. The quantitative estimate of drug-likeness (QED) is 0.496. The Balaban J connectivity index is 1.79. The monoisotopic (exact) mass is 278 g/mol. The van der Waals surface area contributed by atoms with Crippen molar-refractivity contribution >= 4 is 11.3 Å². The van der Waals surface area contributed by atoms with Gasteiger partial charge in [0.2, 0.25) is 0 Å². The topological polar surface area (TPSA) is 38.0 Å². The minimum Gasteiger partial charge on any atom is -0.271 e. The molecule has 2 nitrogen and oxygen atoms in total. The maximum Gasteiger partial charge on any atom is 0.0581 e. The van der Waals surface area contributed by atoms with Gasteiger partial charge >= 0.3 is 0 Å². The van der Waals surface area contributed by atoms with E-state index >= 15 is 0 Å². The fourth-order valence-electron chi connectivity index (χ4n) is 3.76. The Morgan fingerprint density at radius 2 is 1.79 bits per heavy atom. The van der Waals surface area contributed by atoms with Crippen molar-refractivity contribution in [3.05, 3.63) is 21.4 Å². The molecule has 0 bridgehead atoms.